The van der Waals surface area contributed by atoms with Gasteiger partial charge >= 0.3 is 6.36 Å². The summed E-state index contributed by atoms with van der Waals surface area (Å²) in [7, 11) is -3.85. The molecule has 4 rings (SSSR count). The fourth-order valence-electron chi connectivity index (χ4n) is 3.90. The van der Waals surface area contributed by atoms with E-state index in [1.165, 1.54) is 0 Å². The molecule has 174 valence electrons. The number of alkyl halides is 3. The number of hydrogen-bond donors (Lipinski definition) is 2. The number of nitrogens with one attached hydrogen (secondary N) is 2. The highest BCUT2D eigenvalue weighted by atomic mass is 32.2. The summed E-state index contributed by atoms with van der Waals surface area (Å²) in [6, 6.07) is 16.0. The molecule has 0 amide bonds. The molecule has 2 heterocycles. The van der Waals surface area contributed by atoms with Crippen molar-refractivity contribution in [3.05, 3.63) is 78.0 Å². The van der Waals surface area contributed by atoms with Crippen molar-refractivity contribution in [1.82, 2.24) is 9.71 Å². The number of sulfonamides is 1. The summed E-state index contributed by atoms with van der Waals surface area (Å²) in [5.74, 6) is 0.533. The summed E-state index contributed by atoms with van der Waals surface area (Å²) < 4.78 is 68.1. The molecular weight excluding hydrogens is 455 g/mol. The highest BCUT2D eigenvalue weighted by Crippen LogP contribution is 2.37. The van der Waals surface area contributed by atoms with Crippen LogP contribution in [0.25, 0.3) is 0 Å². The maximum absolute atomic E-state index is 12.5. The summed E-state index contributed by atoms with van der Waals surface area (Å²) >= 11 is 0. The van der Waals surface area contributed by atoms with E-state index in [2.05, 4.69) is 25.8 Å². The maximum Gasteiger partial charge on any atom is 0.573 e. The molecule has 0 saturated heterocycles. The first-order chi connectivity index (χ1) is 15.7. The minimum absolute atomic E-state index is 0.124. The Balaban J connectivity index is 1.38. The van der Waals surface area contributed by atoms with Gasteiger partial charge in [-0.3, -0.25) is 0 Å². The van der Waals surface area contributed by atoms with Gasteiger partial charge in [0.05, 0.1) is 4.90 Å². The summed E-state index contributed by atoms with van der Waals surface area (Å²) in [6.07, 6.45) is -0.982. The number of ether oxygens (including phenoxy) is 1. The molecule has 1 aromatic heterocycles. The van der Waals surface area contributed by atoms with Gasteiger partial charge in [0, 0.05) is 18.4 Å². The van der Waals surface area contributed by atoms with Gasteiger partial charge in [0.1, 0.15) is 11.6 Å². The van der Waals surface area contributed by atoms with E-state index < -0.39 is 22.1 Å². The number of pyridine rings is 1. The SMILES string of the molecule is O=S(=O)(NCCCC1Cc2cccnc2Nc2ccccc21)c1ccc(OC(F)(F)F)cc1. The standard InChI is InChI=1S/C23H22F3N3O3S/c24-23(25,26)32-18-9-11-19(12-10-18)33(30,31)28-14-4-5-16-15-17-6-3-13-27-22(17)29-21-8-2-1-7-20(16)21/h1-3,6-13,16,28H,4-5,14-15H2,(H,27,29). The van der Waals surface area contributed by atoms with Crippen LogP contribution in [0, 0.1) is 0 Å². The van der Waals surface area contributed by atoms with E-state index in [0.717, 1.165) is 59.7 Å². The molecular formula is C23H22F3N3O3S. The van der Waals surface area contributed by atoms with Crippen LogP contribution in [0.4, 0.5) is 24.7 Å². The number of halogens is 3. The lowest BCUT2D eigenvalue weighted by Gasteiger charge is -2.17. The molecule has 1 unspecified atom stereocenters. The Hall–Kier alpha value is -3.11. The summed E-state index contributed by atoms with van der Waals surface area (Å²) in [5.41, 5.74) is 3.24. The molecule has 33 heavy (non-hydrogen) atoms. The smallest absolute Gasteiger partial charge is 0.406 e. The molecule has 0 spiro atoms. The Morgan fingerprint density at radius 1 is 1.06 bits per heavy atom. The minimum atomic E-state index is -4.83. The van der Waals surface area contributed by atoms with Crippen molar-refractivity contribution in [1.29, 1.82) is 0 Å². The molecule has 0 bridgehead atoms. The zero-order valence-electron chi connectivity index (χ0n) is 17.5. The van der Waals surface area contributed by atoms with Crippen LogP contribution in [0.1, 0.15) is 29.9 Å². The first kappa shape index (κ1) is 23.1. The number of hydrogen-bond acceptors (Lipinski definition) is 5. The van der Waals surface area contributed by atoms with Crippen LogP contribution in [0.3, 0.4) is 0 Å². The lowest BCUT2D eigenvalue weighted by atomic mass is 9.88. The van der Waals surface area contributed by atoms with E-state index in [9.17, 15) is 21.6 Å². The molecule has 1 aliphatic rings. The van der Waals surface area contributed by atoms with Gasteiger partial charge < -0.3 is 10.1 Å². The summed E-state index contributed by atoms with van der Waals surface area (Å²) in [5, 5.41) is 3.38. The Bertz CT molecular complexity index is 1220. The number of anilines is 2. The Kier molecular flexibility index (Phi) is 6.57. The van der Waals surface area contributed by atoms with E-state index in [-0.39, 0.29) is 17.4 Å². The van der Waals surface area contributed by atoms with Crippen LogP contribution in [0.5, 0.6) is 5.75 Å². The van der Waals surface area contributed by atoms with Crippen molar-refractivity contribution in [3.63, 3.8) is 0 Å². The number of fused-ring (bicyclic) bond motifs is 2. The summed E-state index contributed by atoms with van der Waals surface area (Å²) in [4.78, 5) is 4.30. The Morgan fingerprint density at radius 3 is 2.58 bits per heavy atom. The average molecular weight is 478 g/mol. The summed E-state index contributed by atoms with van der Waals surface area (Å²) in [6.45, 7) is 0.204. The molecule has 0 fully saturated rings. The third-order valence-electron chi connectivity index (χ3n) is 5.40. The highest BCUT2D eigenvalue weighted by molar-refractivity contribution is 7.89. The van der Waals surface area contributed by atoms with E-state index in [1.54, 1.807) is 6.20 Å². The second-order valence-corrected chi connectivity index (χ2v) is 9.45. The zero-order chi connectivity index (χ0) is 23.5. The first-order valence-electron chi connectivity index (χ1n) is 10.4. The molecule has 0 saturated carbocycles. The van der Waals surface area contributed by atoms with Gasteiger partial charge in [-0.15, -0.1) is 13.2 Å². The number of para-hydroxylation sites is 1. The van der Waals surface area contributed by atoms with Crippen molar-refractivity contribution in [3.8, 4) is 5.75 Å². The predicted molar refractivity (Wildman–Crippen MR) is 118 cm³/mol. The van der Waals surface area contributed by atoms with Gasteiger partial charge in [-0.1, -0.05) is 24.3 Å². The zero-order valence-corrected chi connectivity index (χ0v) is 18.3. The normalized spacial score (nSPS) is 15.7. The number of benzene rings is 2. The second-order valence-electron chi connectivity index (χ2n) is 7.68. The molecule has 3 aromatic rings. The fourth-order valence-corrected chi connectivity index (χ4v) is 4.98. The monoisotopic (exact) mass is 477 g/mol. The molecule has 10 heteroatoms. The Morgan fingerprint density at radius 2 is 1.82 bits per heavy atom. The Labute approximate surface area is 189 Å². The molecule has 1 aliphatic heterocycles. The number of nitrogens with zero attached hydrogens (tertiary/aromatic N) is 1. The first-order valence-corrected chi connectivity index (χ1v) is 11.8. The van der Waals surface area contributed by atoms with Crippen molar-refractivity contribution in [2.45, 2.75) is 36.4 Å². The van der Waals surface area contributed by atoms with Crippen LogP contribution >= 0.6 is 0 Å². The van der Waals surface area contributed by atoms with Gasteiger partial charge in [0.2, 0.25) is 10.0 Å². The molecule has 2 N–H and O–H groups in total. The van der Waals surface area contributed by atoms with Gasteiger partial charge in [0.25, 0.3) is 0 Å². The number of aromatic nitrogens is 1. The lowest BCUT2D eigenvalue weighted by Crippen LogP contribution is -2.25. The molecule has 0 aliphatic carbocycles. The van der Waals surface area contributed by atoms with Gasteiger partial charge in [-0.25, -0.2) is 18.1 Å². The third-order valence-corrected chi connectivity index (χ3v) is 6.88. The minimum Gasteiger partial charge on any atom is -0.406 e. The van der Waals surface area contributed by atoms with Crippen molar-refractivity contribution < 1.29 is 26.3 Å². The highest BCUT2D eigenvalue weighted by Gasteiger charge is 2.31. The topological polar surface area (TPSA) is 80.3 Å². The van der Waals surface area contributed by atoms with Crippen LogP contribution in [-0.2, 0) is 16.4 Å². The van der Waals surface area contributed by atoms with Crippen LogP contribution < -0.4 is 14.8 Å². The van der Waals surface area contributed by atoms with E-state index >= 15 is 0 Å². The van der Waals surface area contributed by atoms with Gasteiger partial charge in [0.15, 0.2) is 0 Å². The van der Waals surface area contributed by atoms with Crippen molar-refractivity contribution >= 4 is 21.5 Å². The van der Waals surface area contributed by atoms with E-state index in [0.29, 0.717) is 6.42 Å². The lowest BCUT2D eigenvalue weighted by molar-refractivity contribution is -0.274. The van der Waals surface area contributed by atoms with E-state index in [4.69, 9.17) is 0 Å². The molecule has 0 radical (unpaired) electrons. The van der Waals surface area contributed by atoms with Crippen LogP contribution in [-0.4, -0.2) is 26.3 Å². The predicted octanol–water partition coefficient (Wildman–Crippen LogP) is 5.12. The van der Waals surface area contributed by atoms with Gasteiger partial charge in [-0.05, 0) is 72.7 Å². The average Bonchev–Trinajstić information content (AvgIpc) is 2.92. The molecule has 6 nitrogen and oxygen atoms in total. The number of rotatable bonds is 7. The molecule has 1 atom stereocenters. The van der Waals surface area contributed by atoms with Crippen LogP contribution in [0.15, 0.2) is 71.8 Å². The fraction of sp³-hybridized carbons (Fsp3) is 0.261. The van der Waals surface area contributed by atoms with Gasteiger partial charge in [-0.2, -0.15) is 0 Å². The maximum atomic E-state index is 12.5. The van der Waals surface area contributed by atoms with Crippen molar-refractivity contribution in [2.75, 3.05) is 11.9 Å². The van der Waals surface area contributed by atoms with Crippen molar-refractivity contribution in [2.24, 2.45) is 0 Å². The quantitative estimate of drug-likeness (QED) is 0.462. The largest absolute Gasteiger partial charge is 0.573 e. The molecule has 2 aromatic carbocycles. The van der Waals surface area contributed by atoms with E-state index in [1.807, 2.05) is 30.3 Å². The second kappa shape index (κ2) is 9.40. The third kappa shape index (κ3) is 5.82. The van der Waals surface area contributed by atoms with Crippen LogP contribution in [0.2, 0.25) is 0 Å².